The normalized spacial score (nSPS) is 11.1. The number of halogens is 1. The van der Waals surface area contributed by atoms with E-state index >= 15 is 0 Å². The Morgan fingerprint density at radius 2 is 1.54 bits per heavy atom. The Labute approximate surface area is 163 Å². The number of rotatable bonds is 6. The molecule has 1 N–H and O–H groups in total. The van der Waals surface area contributed by atoms with E-state index < -0.39 is 15.8 Å². The third kappa shape index (κ3) is 4.20. The molecule has 1 amide bonds. The zero-order valence-corrected chi connectivity index (χ0v) is 16.0. The van der Waals surface area contributed by atoms with E-state index in [-0.39, 0.29) is 16.5 Å². The van der Waals surface area contributed by atoms with Gasteiger partial charge in [0.2, 0.25) is 0 Å². The van der Waals surface area contributed by atoms with E-state index in [9.17, 15) is 17.6 Å². The number of hydrogen-bond acceptors (Lipinski definition) is 3. The Morgan fingerprint density at radius 3 is 2.14 bits per heavy atom. The molecule has 0 aromatic heterocycles. The third-order valence-corrected chi connectivity index (χ3v) is 5.54. The Hall–Kier alpha value is -3.19. The maximum atomic E-state index is 13.7. The van der Waals surface area contributed by atoms with Crippen molar-refractivity contribution in [1.82, 2.24) is 0 Å². The van der Waals surface area contributed by atoms with Gasteiger partial charge in [0.1, 0.15) is 5.82 Å². The molecule has 28 heavy (non-hydrogen) atoms. The molecule has 0 saturated carbocycles. The summed E-state index contributed by atoms with van der Waals surface area (Å²) >= 11 is 0. The first kappa shape index (κ1) is 19.6. The van der Waals surface area contributed by atoms with Crippen molar-refractivity contribution in [2.24, 2.45) is 0 Å². The molecular weight excluding hydrogens is 379 g/mol. The molecule has 3 aromatic carbocycles. The van der Waals surface area contributed by atoms with E-state index in [0.717, 1.165) is 5.69 Å². The highest BCUT2D eigenvalue weighted by atomic mass is 32.2. The molecule has 0 fully saturated rings. The van der Waals surface area contributed by atoms with Crippen LogP contribution in [0.3, 0.4) is 0 Å². The SMILES string of the molecule is CCN(C(=O)c1ccc(S(=O)(=O)Nc2ccccc2F)cc1)c1ccccc1. The van der Waals surface area contributed by atoms with Gasteiger partial charge in [0.05, 0.1) is 10.6 Å². The second-order valence-electron chi connectivity index (χ2n) is 5.99. The number of hydrogen-bond donors (Lipinski definition) is 1. The predicted octanol–water partition coefficient (Wildman–Crippen LogP) is 4.29. The van der Waals surface area contributed by atoms with Crippen LogP contribution in [0.15, 0.2) is 83.8 Å². The van der Waals surface area contributed by atoms with E-state index in [4.69, 9.17) is 0 Å². The Kier molecular flexibility index (Phi) is 5.75. The van der Waals surface area contributed by atoms with Crippen LogP contribution in [0.25, 0.3) is 0 Å². The molecule has 5 nitrogen and oxygen atoms in total. The molecule has 0 saturated heterocycles. The summed E-state index contributed by atoms with van der Waals surface area (Å²) in [6.45, 7) is 2.33. The fraction of sp³-hybridized carbons (Fsp3) is 0.0952. The standard InChI is InChI=1S/C21H19FN2O3S/c1-2-24(17-8-4-3-5-9-17)21(25)16-12-14-18(15-13-16)28(26,27)23-20-11-7-6-10-19(20)22/h3-15,23H,2H2,1H3. The third-order valence-electron chi connectivity index (χ3n) is 4.16. The smallest absolute Gasteiger partial charge is 0.261 e. The number of nitrogens with zero attached hydrogens (tertiary/aromatic N) is 1. The van der Waals surface area contributed by atoms with E-state index in [1.165, 1.54) is 48.5 Å². The van der Waals surface area contributed by atoms with Crippen LogP contribution in [0, 0.1) is 5.82 Å². The fourth-order valence-electron chi connectivity index (χ4n) is 2.73. The highest BCUT2D eigenvalue weighted by Gasteiger charge is 2.19. The number of amides is 1. The second-order valence-corrected chi connectivity index (χ2v) is 7.68. The maximum absolute atomic E-state index is 13.7. The molecule has 0 aliphatic rings. The van der Waals surface area contributed by atoms with Crippen LogP contribution in [0.4, 0.5) is 15.8 Å². The van der Waals surface area contributed by atoms with Gasteiger partial charge in [-0.2, -0.15) is 0 Å². The number of para-hydroxylation sites is 2. The lowest BCUT2D eigenvalue weighted by atomic mass is 10.2. The first-order chi connectivity index (χ1) is 13.4. The number of sulfonamides is 1. The highest BCUT2D eigenvalue weighted by Crippen LogP contribution is 2.21. The first-order valence-corrected chi connectivity index (χ1v) is 10.1. The number of benzene rings is 3. The summed E-state index contributed by atoms with van der Waals surface area (Å²) < 4.78 is 40.9. The topological polar surface area (TPSA) is 66.5 Å². The molecule has 7 heteroatoms. The van der Waals surface area contributed by atoms with Crippen molar-refractivity contribution < 1.29 is 17.6 Å². The molecule has 0 aliphatic heterocycles. The molecule has 3 aromatic rings. The molecule has 0 spiro atoms. The predicted molar refractivity (Wildman–Crippen MR) is 107 cm³/mol. The van der Waals surface area contributed by atoms with Crippen LogP contribution in [0.2, 0.25) is 0 Å². The minimum atomic E-state index is -3.97. The zero-order valence-electron chi connectivity index (χ0n) is 15.2. The largest absolute Gasteiger partial charge is 0.309 e. The quantitative estimate of drug-likeness (QED) is 0.673. The lowest BCUT2D eigenvalue weighted by Gasteiger charge is -2.21. The van der Waals surface area contributed by atoms with Gasteiger partial charge in [0, 0.05) is 17.8 Å². The molecule has 0 aliphatic carbocycles. The van der Waals surface area contributed by atoms with Crippen molar-refractivity contribution >= 4 is 27.3 Å². The van der Waals surface area contributed by atoms with Crippen molar-refractivity contribution in [3.05, 3.63) is 90.2 Å². The Morgan fingerprint density at radius 1 is 0.929 bits per heavy atom. The molecule has 0 unspecified atom stereocenters. The van der Waals surface area contributed by atoms with E-state index in [0.29, 0.717) is 12.1 Å². The molecule has 0 radical (unpaired) electrons. The van der Waals surface area contributed by atoms with Gasteiger partial charge in [-0.25, -0.2) is 12.8 Å². The van der Waals surface area contributed by atoms with Crippen LogP contribution >= 0.6 is 0 Å². The van der Waals surface area contributed by atoms with E-state index in [1.54, 1.807) is 4.90 Å². The van der Waals surface area contributed by atoms with E-state index in [1.807, 2.05) is 37.3 Å². The number of nitrogens with one attached hydrogen (secondary N) is 1. The van der Waals surface area contributed by atoms with Gasteiger partial charge in [-0.1, -0.05) is 30.3 Å². The monoisotopic (exact) mass is 398 g/mol. The van der Waals surface area contributed by atoms with E-state index in [2.05, 4.69) is 4.72 Å². The van der Waals surface area contributed by atoms with Gasteiger partial charge >= 0.3 is 0 Å². The van der Waals surface area contributed by atoms with Crippen LogP contribution in [-0.4, -0.2) is 20.9 Å². The van der Waals surface area contributed by atoms with Crippen molar-refractivity contribution in [3.8, 4) is 0 Å². The average Bonchev–Trinajstić information content (AvgIpc) is 2.71. The molecular formula is C21H19FN2O3S. The average molecular weight is 398 g/mol. The van der Waals surface area contributed by atoms with Crippen molar-refractivity contribution in [2.45, 2.75) is 11.8 Å². The summed E-state index contributed by atoms with van der Waals surface area (Å²) in [6, 6.07) is 20.3. The first-order valence-electron chi connectivity index (χ1n) is 8.66. The number of anilines is 2. The second kappa shape index (κ2) is 8.22. The van der Waals surface area contributed by atoms with Gasteiger partial charge in [0.15, 0.2) is 0 Å². The summed E-state index contributed by atoms with van der Waals surface area (Å²) in [5.41, 5.74) is 0.979. The number of carbonyl (C=O) groups is 1. The van der Waals surface area contributed by atoms with Crippen LogP contribution in [0.5, 0.6) is 0 Å². The van der Waals surface area contributed by atoms with Crippen molar-refractivity contribution in [1.29, 1.82) is 0 Å². The Balaban J connectivity index is 1.82. The van der Waals surface area contributed by atoms with Crippen LogP contribution in [-0.2, 0) is 10.0 Å². The summed E-state index contributed by atoms with van der Waals surface area (Å²) in [7, 11) is -3.97. The van der Waals surface area contributed by atoms with Crippen molar-refractivity contribution in [2.75, 3.05) is 16.2 Å². The van der Waals surface area contributed by atoms with Gasteiger partial charge in [-0.05, 0) is 55.5 Å². The van der Waals surface area contributed by atoms with Crippen LogP contribution in [0.1, 0.15) is 17.3 Å². The summed E-state index contributed by atoms with van der Waals surface area (Å²) in [5.74, 6) is -0.904. The zero-order chi connectivity index (χ0) is 20.1. The lowest BCUT2D eigenvalue weighted by molar-refractivity contribution is 0.0988. The molecule has 0 heterocycles. The van der Waals surface area contributed by atoms with Crippen LogP contribution < -0.4 is 9.62 Å². The minimum Gasteiger partial charge on any atom is -0.309 e. The van der Waals surface area contributed by atoms with Gasteiger partial charge in [-0.3, -0.25) is 9.52 Å². The van der Waals surface area contributed by atoms with Gasteiger partial charge in [0.25, 0.3) is 15.9 Å². The molecule has 3 rings (SSSR count). The van der Waals surface area contributed by atoms with Gasteiger partial charge < -0.3 is 4.90 Å². The summed E-state index contributed by atoms with van der Waals surface area (Å²) in [6.07, 6.45) is 0. The fourth-order valence-corrected chi connectivity index (χ4v) is 3.80. The molecule has 0 bridgehead atoms. The lowest BCUT2D eigenvalue weighted by Crippen LogP contribution is -2.30. The van der Waals surface area contributed by atoms with Gasteiger partial charge in [-0.15, -0.1) is 0 Å². The summed E-state index contributed by atoms with van der Waals surface area (Å²) in [5, 5.41) is 0. The number of carbonyl (C=O) groups excluding carboxylic acids is 1. The highest BCUT2D eigenvalue weighted by molar-refractivity contribution is 7.92. The van der Waals surface area contributed by atoms with Crippen molar-refractivity contribution in [3.63, 3.8) is 0 Å². The molecule has 0 atom stereocenters. The minimum absolute atomic E-state index is 0.0601. The molecule has 144 valence electrons. The Bertz CT molecular complexity index is 1070. The summed E-state index contributed by atoms with van der Waals surface area (Å²) in [4.78, 5) is 14.3. The maximum Gasteiger partial charge on any atom is 0.261 e.